The zero-order chi connectivity index (χ0) is 19.6. The van der Waals surface area contributed by atoms with E-state index in [1.165, 1.54) is 30.0 Å². The third-order valence-electron chi connectivity index (χ3n) is 4.86. The number of pyridine rings is 1. The van der Waals surface area contributed by atoms with Crippen molar-refractivity contribution in [2.24, 2.45) is 5.10 Å². The summed E-state index contributed by atoms with van der Waals surface area (Å²) >= 11 is 0. The number of hydrazone groups is 1. The number of hydrogen-bond donors (Lipinski definition) is 1. The Bertz CT molecular complexity index is 991. The number of nitrogens with one attached hydrogen (secondary N) is 1. The molecule has 1 fully saturated rings. The van der Waals surface area contributed by atoms with Crippen LogP contribution in [-0.2, 0) is 6.18 Å². The van der Waals surface area contributed by atoms with E-state index in [1.54, 1.807) is 6.21 Å². The highest BCUT2D eigenvalue weighted by molar-refractivity contribution is 6.05. The topological polar surface area (TPSA) is 40.5 Å². The number of aromatic nitrogens is 1. The van der Waals surface area contributed by atoms with Gasteiger partial charge in [-0.3, -0.25) is 5.43 Å². The van der Waals surface area contributed by atoms with Gasteiger partial charge in [0, 0.05) is 35.9 Å². The van der Waals surface area contributed by atoms with Crippen molar-refractivity contribution in [1.29, 1.82) is 0 Å². The Kier molecular flexibility index (Phi) is 4.90. The molecule has 0 spiro atoms. The average molecular weight is 384 g/mol. The van der Waals surface area contributed by atoms with E-state index in [-0.39, 0.29) is 5.82 Å². The predicted octanol–water partition coefficient (Wildman–Crippen LogP) is 5.30. The van der Waals surface area contributed by atoms with E-state index in [9.17, 15) is 13.2 Å². The lowest BCUT2D eigenvalue weighted by Gasteiger charge is -2.20. The van der Waals surface area contributed by atoms with Gasteiger partial charge in [-0.1, -0.05) is 30.3 Å². The van der Waals surface area contributed by atoms with Crippen LogP contribution in [0.15, 0.2) is 59.8 Å². The second kappa shape index (κ2) is 7.50. The van der Waals surface area contributed by atoms with Gasteiger partial charge in [0.05, 0.1) is 11.8 Å². The molecule has 0 saturated carbocycles. The molecule has 28 heavy (non-hydrogen) atoms. The van der Waals surface area contributed by atoms with Crippen LogP contribution in [0.25, 0.3) is 10.8 Å². The zero-order valence-electron chi connectivity index (χ0n) is 15.1. The highest BCUT2D eigenvalue weighted by atomic mass is 19.4. The van der Waals surface area contributed by atoms with Crippen LogP contribution in [0.2, 0.25) is 0 Å². The van der Waals surface area contributed by atoms with Crippen LogP contribution in [-0.4, -0.2) is 24.3 Å². The minimum atomic E-state index is -4.40. The van der Waals surface area contributed by atoms with Crippen molar-refractivity contribution in [3.05, 3.63) is 65.9 Å². The van der Waals surface area contributed by atoms with Crippen LogP contribution in [0.4, 0.5) is 24.7 Å². The average Bonchev–Trinajstić information content (AvgIpc) is 3.22. The van der Waals surface area contributed by atoms with Crippen molar-refractivity contribution in [1.82, 2.24) is 4.98 Å². The molecular weight excluding hydrogens is 365 g/mol. The molecule has 1 N–H and O–H groups in total. The summed E-state index contributed by atoms with van der Waals surface area (Å²) < 4.78 is 37.8. The fraction of sp³-hybridized carbons (Fsp3) is 0.238. The van der Waals surface area contributed by atoms with Gasteiger partial charge in [-0.15, -0.1) is 0 Å². The summed E-state index contributed by atoms with van der Waals surface area (Å²) in [6.45, 7) is 2.14. The Balaban J connectivity index is 1.55. The Labute approximate surface area is 160 Å². The summed E-state index contributed by atoms with van der Waals surface area (Å²) in [4.78, 5) is 6.15. The molecule has 2 heterocycles. The number of fused-ring (bicyclic) bond motifs is 1. The van der Waals surface area contributed by atoms with Gasteiger partial charge in [-0.05, 0) is 36.4 Å². The maximum absolute atomic E-state index is 12.6. The van der Waals surface area contributed by atoms with Crippen molar-refractivity contribution >= 4 is 28.5 Å². The lowest BCUT2D eigenvalue weighted by Crippen LogP contribution is -2.17. The second-order valence-electron chi connectivity index (χ2n) is 6.71. The molecule has 4 rings (SSSR count). The van der Waals surface area contributed by atoms with Gasteiger partial charge in [0.2, 0.25) is 0 Å². The maximum atomic E-state index is 12.6. The Morgan fingerprint density at radius 1 is 0.964 bits per heavy atom. The number of rotatable bonds is 4. The number of benzene rings is 2. The first kappa shape index (κ1) is 18.3. The number of anilines is 2. The molecule has 1 aliphatic heterocycles. The maximum Gasteiger partial charge on any atom is 0.417 e. The summed E-state index contributed by atoms with van der Waals surface area (Å²) in [6, 6.07) is 14.5. The monoisotopic (exact) mass is 384 g/mol. The third kappa shape index (κ3) is 3.78. The molecule has 3 aromatic rings. The normalized spacial score (nSPS) is 14.9. The van der Waals surface area contributed by atoms with Crippen LogP contribution < -0.4 is 10.3 Å². The van der Waals surface area contributed by atoms with Crippen molar-refractivity contribution in [3.63, 3.8) is 0 Å². The molecule has 0 atom stereocenters. The zero-order valence-corrected chi connectivity index (χ0v) is 15.1. The van der Waals surface area contributed by atoms with E-state index in [4.69, 9.17) is 0 Å². The third-order valence-corrected chi connectivity index (χ3v) is 4.86. The largest absolute Gasteiger partial charge is 0.417 e. The first-order valence-corrected chi connectivity index (χ1v) is 9.11. The number of alkyl halides is 3. The molecule has 0 bridgehead atoms. The molecule has 1 saturated heterocycles. The number of nitrogens with zero attached hydrogens (tertiary/aromatic N) is 3. The van der Waals surface area contributed by atoms with Gasteiger partial charge in [-0.2, -0.15) is 18.3 Å². The van der Waals surface area contributed by atoms with Gasteiger partial charge in [-0.25, -0.2) is 4.98 Å². The van der Waals surface area contributed by atoms with Crippen LogP contribution >= 0.6 is 0 Å². The summed E-state index contributed by atoms with van der Waals surface area (Å²) in [5.74, 6) is 0.252. The fourth-order valence-corrected chi connectivity index (χ4v) is 3.45. The molecule has 144 valence electrons. The van der Waals surface area contributed by atoms with Crippen LogP contribution in [0, 0.1) is 0 Å². The first-order valence-electron chi connectivity index (χ1n) is 9.11. The molecule has 0 unspecified atom stereocenters. The Morgan fingerprint density at radius 3 is 2.39 bits per heavy atom. The van der Waals surface area contributed by atoms with E-state index in [0.717, 1.165) is 36.3 Å². The smallest absolute Gasteiger partial charge is 0.371 e. The summed E-state index contributed by atoms with van der Waals surface area (Å²) in [5.41, 5.74) is 4.05. The van der Waals surface area contributed by atoms with E-state index in [0.29, 0.717) is 0 Å². The Hall–Kier alpha value is -3.09. The molecular formula is C21H19F3N4. The second-order valence-corrected chi connectivity index (χ2v) is 6.71. The van der Waals surface area contributed by atoms with Gasteiger partial charge >= 0.3 is 6.18 Å². The van der Waals surface area contributed by atoms with Gasteiger partial charge in [0.25, 0.3) is 0 Å². The van der Waals surface area contributed by atoms with Crippen LogP contribution in [0.5, 0.6) is 0 Å². The first-order chi connectivity index (χ1) is 13.5. The van der Waals surface area contributed by atoms with Gasteiger partial charge in [0.1, 0.15) is 5.82 Å². The minimum absolute atomic E-state index is 0.252. The highest BCUT2D eigenvalue weighted by Crippen LogP contribution is 2.31. The molecule has 1 aromatic heterocycles. The molecule has 0 radical (unpaired) electrons. The van der Waals surface area contributed by atoms with E-state index >= 15 is 0 Å². The molecule has 0 amide bonds. The van der Waals surface area contributed by atoms with E-state index in [2.05, 4.69) is 32.5 Å². The standard InChI is InChI=1S/C21H19F3N4/c22-21(23,24)16-8-10-20(25-14-16)27-26-13-15-7-9-19(28-11-3-4-12-28)18-6-2-1-5-17(15)18/h1-2,5-10,13-14H,3-4,11-12H2,(H,25,27)/b26-13-. The van der Waals surface area contributed by atoms with Crippen LogP contribution in [0.3, 0.4) is 0 Å². The summed E-state index contributed by atoms with van der Waals surface area (Å²) in [7, 11) is 0. The van der Waals surface area contributed by atoms with E-state index < -0.39 is 11.7 Å². The molecule has 7 heteroatoms. The van der Waals surface area contributed by atoms with Crippen molar-refractivity contribution < 1.29 is 13.2 Å². The summed E-state index contributed by atoms with van der Waals surface area (Å²) in [6.07, 6.45) is 0.474. The number of hydrogen-bond acceptors (Lipinski definition) is 4. The lowest BCUT2D eigenvalue weighted by atomic mass is 10.0. The van der Waals surface area contributed by atoms with Crippen LogP contribution in [0.1, 0.15) is 24.0 Å². The van der Waals surface area contributed by atoms with Crippen molar-refractivity contribution in [2.45, 2.75) is 19.0 Å². The van der Waals surface area contributed by atoms with E-state index in [1.807, 2.05) is 24.3 Å². The lowest BCUT2D eigenvalue weighted by molar-refractivity contribution is -0.137. The molecule has 1 aliphatic rings. The van der Waals surface area contributed by atoms with Crippen molar-refractivity contribution in [3.8, 4) is 0 Å². The Morgan fingerprint density at radius 2 is 1.71 bits per heavy atom. The quantitative estimate of drug-likeness (QED) is 0.490. The minimum Gasteiger partial charge on any atom is -0.371 e. The van der Waals surface area contributed by atoms with Crippen molar-refractivity contribution in [2.75, 3.05) is 23.4 Å². The molecule has 2 aromatic carbocycles. The fourth-order valence-electron chi connectivity index (χ4n) is 3.45. The molecule has 4 nitrogen and oxygen atoms in total. The van der Waals surface area contributed by atoms with Gasteiger partial charge < -0.3 is 4.90 Å². The number of halogens is 3. The SMILES string of the molecule is FC(F)(F)c1ccc(N/N=C\c2ccc(N3CCCC3)c3ccccc23)nc1. The summed E-state index contributed by atoms with van der Waals surface area (Å²) in [5, 5.41) is 6.40. The molecule has 0 aliphatic carbocycles. The highest BCUT2D eigenvalue weighted by Gasteiger charge is 2.30. The predicted molar refractivity (Wildman–Crippen MR) is 106 cm³/mol. The van der Waals surface area contributed by atoms with Gasteiger partial charge in [0.15, 0.2) is 0 Å².